The van der Waals surface area contributed by atoms with E-state index in [1.807, 2.05) is 6.08 Å². The fourth-order valence-electron chi connectivity index (χ4n) is 8.60. The molecule has 0 bridgehead atoms. The molecule has 0 aromatic rings. The summed E-state index contributed by atoms with van der Waals surface area (Å²) in [6, 6.07) is -0.633. The molecule has 0 radical (unpaired) electrons. The van der Waals surface area contributed by atoms with Crippen LogP contribution in [0.1, 0.15) is 296 Å². The zero-order valence-electron chi connectivity index (χ0n) is 43.9. The van der Waals surface area contributed by atoms with Gasteiger partial charge in [-0.3, -0.25) is 9.59 Å². The Hall–Kier alpha value is -2.18. The lowest BCUT2D eigenvalue weighted by Crippen LogP contribution is -2.45. The summed E-state index contributed by atoms with van der Waals surface area (Å²) < 4.78 is 5.48. The van der Waals surface area contributed by atoms with Gasteiger partial charge in [0.25, 0.3) is 0 Å². The maximum Gasteiger partial charge on any atom is 0.305 e. The summed E-state index contributed by atoms with van der Waals surface area (Å²) in [4.78, 5) is 24.5. The number of aliphatic hydroxyl groups excluding tert-OH is 2. The van der Waals surface area contributed by atoms with Crippen molar-refractivity contribution in [3.8, 4) is 0 Å². The Morgan fingerprint density at radius 3 is 1.20 bits per heavy atom. The van der Waals surface area contributed by atoms with Gasteiger partial charge in [0, 0.05) is 12.8 Å². The molecule has 2 atom stereocenters. The number of hydrogen-bond donors (Lipinski definition) is 3. The number of carbonyl (C=O) groups excluding carboxylic acids is 2. The van der Waals surface area contributed by atoms with Gasteiger partial charge < -0.3 is 20.3 Å². The molecule has 0 aromatic heterocycles. The Labute approximate surface area is 410 Å². The van der Waals surface area contributed by atoms with Gasteiger partial charge in [0.15, 0.2) is 0 Å². The van der Waals surface area contributed by atoms with Gasteiger partial charge in [-0.25, -0.2) is 0 Å². The molecule has 1 amide bonds. The Bertz CT molecular complexity index is 1110. The van der Waals surface area contributed by atoms with Crippen molar-refractivity contribution >= 4 is 11.9 Å². The summed E-state index contributed by atoms with van der Waals surface area (Å²) in [6.07, 6.45) is 69.9. The van der Waals surface area contributed by atoms with Crippen molar-refractivity contribution in [2.45, 2.75) is 309 Å². The fraction of sp³-hybridized carbons (Fsp3) is 0.833. The average molecular weight is 927 g/mol. The van der Waals surface area contributed by atoms with Crippen molar-refractivity contribution in [2.24, 2.45) is 0 Å². The first kappa shape index (κ1) is 63.8. The Morgan fingerprint density at radius 1 is 0.424 bits per heavy atom. The normalized spacial score (nSPS) is 13.0. The van der Waals surface area contributed by atoms with Crippen LogP contribution in [0.4, 0.5) is 0 Å². The molecule has 6 nitrogen and oxygen atoms in total. The van der Waals surface area contributed by atoms with Crippen molar-refractivity contribution in [2.75, 3.05) is 13.2 Å². The van der Waals surface area contributed by atoms with E-state index in [9.17, 15) is 19.8 Å². The molecule has 0 rings (SSSR count). The van der Waals surface area contributed by atoms with Crippen LogP contribution in [0.3, 0.4) is 0 Å². The summed E-state index contributed by atoms with van der Waals surface area (Å²) in [5.41, 5.74) is 0. The van der Waals surface area contributed by atoms with Gasteiger partial charge in [0.05, 0.1) is 25.4 Å². The van der Waals surface area contributed by atoms with Crippen molar-refractivity contribution in [3.05, 3.63) is 48.6 Å². The Morgan fingerprint density at radius 2 is 0.758 bits per heavy atom. The minimum absolute atomic E-state index is 0.000856. The zero-order chi connectivity index (χ0) is 47.9. The summed E-state index contributed by atoms with van der Waals surface area (Å²) in [5.74, 6) is -0.0787. The third-order valence-corrected chi connectivity index (χ3v) is 13.1. The van der Waals surface area contributed by atoms with Gasteiger partial charge in [-0.1, -0.05) is 242 Å². The van der Waals surface area contributed by atoms with Crippen LogP contribution in [0.15, 0.2) is 48.6 Å². The second kappa shape index (κ2) is 55.4. The molecule has 386 valence electrons. The number of esters is 1. The largest absolute Gasteiger partial charge is 0.466 e. The zero-order valence-corrected chi connectivity index (χ0v) is 43.9. The molecule has 0 heterocycles. The van der Waals surface area contributed by atoms with Gasteiger partial charge in [0.2, 0.25) is 5.91 Å². The third kappa shape index (κ3) is 51.2. The number of rotatable bonds is 53. The molecule has 0 saturated heterocycles. The highest BCUT2D eigenvalue weighted by Crippen LogP contribution is 2.15. The topological polar surface area (TPSA) is 95.9 Å². The van der Waals surface area contributed by atoms with Crippen LogP contribution < -0.4 is 5.32 Å². The number of hydrogen-bond acceptors (Lipinski definition) is 5. The van der Waals surface area contributed by atoms with E-state index >= 15 is 0 Å². The molecule has 0 spiro atoms. The second-order valence-electron chi connectivity index (χ2n) is 19.6. The number of aliphatic hydroxyl groups is 2. The lowest BCUT2D eigenvalue weighted by Gasteiger charge is -2.20. The number of carbonyl (C=O) groups is 2. The van der Waals surface area contributed by atoms with Gasteiger partial charge in [0.1, 0.15) is 0 Å². The van der Waals surface area contributed by atoms with Gasteiger partial charge in [-0.2, -0.15) is 0 Å². The Kier molecular flexibility index (Phi) is 53.6. The quantitative estimate of drug-likeness (QED) is 0.0321. The number of ether oxygens (including phenoxy) is 1. The molecule has 0 aromatic carbocycles. The first-order valence-corrected chi connectivity index (χ1v) is 28.9. The molecule has 0 fully saturated rings. The molecule has 6 heteroatoms. The predicted molar refractivity (Wildman–Crippen MR) is 287 cm³/mol. The van der Waals surface area contributed by atoms with Crippen molar-refractivity contribution in [3.63, 3.8) is 0 Å². The molecular formula is C60H111NO5. The van der Waals surface area contributed by atoms with Crippen molar-refractivity contribution < 1.29 is 24.5 Å². The molecule has 0 aliphatic heterocycles. The van der Waals surface area contributed by atoms with Crippen LogP contribution in [0, 0.1) is 0 Å². The van der Waals surface area contributed by atoms with Crippen molar-refractivity contribution in [1.82, 2.24) is 5.32 Å². The second-order valence-corrected chi connectivity index (χ2v) is 19.6. The first-order valence-electron chi connectivity index (χ1n) is 28.9. The van der Waals surface area contributed by atoms with E-state index in [0.29, 0.717) is 19.4 Å². The van der Waals surface area contributed by atoms with Crippen molar-refractivity contribution in [1.29, 1.82) is 0 Å². The average Bonchev–Trinajstić information content (AvgIpc) is 3.32. The SMILES string of the molecule is CCCCC/C=C\C/C=C\CCCCCCCCCC(=O)OCCCCCCCCCCCC/C=C\CCCCCCCCCC(=O)NC(CO)C(O)/C=C/CCCCCCCCCCC. The summed E-state index contributed by atoms with van der Waals surface area (Å²) in [5, 5.41) is 23.0. The van der Waals surface area contributed by atoms with Crippen LogP contribution in [0.25, 0.3) is 0 Å². The van der Waals surface area contributed by atoms with Crippen LogP contribution in [-0.4, -0.2) is 47.4 Å². The van der Waals surface area contributed by atoms with E-state index in [1.165, 1.54) is 212 Å². The maximum absolute atomic E-state index is 12.4. The third-order valence-electron chi connectivity index (χ3n) is 13.1. The van der Waals surface area contributed by atoms with E-state index in [4.69, 9.17) is 4.74 Å². The smallest absolute Gasteiger partial charge is 0.305 e. The number of unbranched alkanes of at least 4 members (excludes halogenated alkanes) is 36. The molecule has 2 unspecified atom stereocenters. The van der Waals surface area contributed by atoms with E-state index in [2.05, 4.69) is 55.6 Å². The molecule has 66 heavy (non-hydrogen) atoms. The monoisotopic (exact) mass is 926 g/mol. The van der Waals surface area contributed by atoms with E-state index in [-0.39, 0.29) is 18.5 Å². The molecule has 3 N–H and O–H groups in total. The summed E-state index contributed by atoms with van der Waals surface area (Å²) >= 11 is 0. The number of nitrogens with one attached hydrogen (secondary N) is 1. The molecule has 0 saturated carbocycles. The molecule has 0 aliphatic rings. The highest BCUT2D eigenvalue weighted by atomic mass is 16.5. The van der Waals surface area contributed by atoms with Gasteiger partial charge in [-0.15, -0.1) is 0 Å². The van der Waals surface area contributed by atoms with E-state index in [1.54, 1.807) is 6.08 Å². The summed E-state index contributed by atoms with van der Waals surface area (Å²) in [6.45, 7) is 4.85. The standard InChI is InChI=1S/C60H111NO5/c1-3-5-7-9-11-13-15-16-17-23-27-30-34-38-42-46-50-54-60(65)66-55-51-47-43-39-35-31-28-25-22-20-18-19-21-24-26-29-33-37-41-45-49-53-59(64)61-57(56-62)58(63)52-48-44-40-36-32-14-12-10-8-6-4-2/h11,13,16-17,19,21,48,52,57-58,62-63H,3-10,12,14-15,18,20,22-47,49-51,53-56H2,1-2H3,(H,61,64)/b13-11-,17-16-,21-19-,52-48+. The van der Waals surface area contributed by atoms with Crippen LogP contribution in [0.5, 0.6) is 0 Å². The van der Waals surface area contributed by atoms with Gasteiger partial charge in [-0.05, 0) is 89.9 Å². The summed E-state index contributed by atoms with van der Waals surface area (Å²) in [7, 11) is 0. The number of amides is 1. The van der Waals surface area contributed by atoms with Gasteiger partial charge >= 0.3 is 5.97 Å². The lowest BCUT2D eigenvalue weighted by atomic mass is 10.0. The van der Waals surface area contributed by atoms with E-state index in [0.717, 1.165) is 57.8 Å². The van der Waals surface area contributed by atoms with Crippen LogP contribution >= 0.6 is 0 Å². The molecular weight excluding hydrogens is 815 g/mol. The first-order chi connectivity index (χ1) is 32.5. The Balaban J connectivity index is 3.43. The molecule has 0 aliphatic carbocycles. The lowest BCUT2D eigenvalue weighted by molar-refractivity contribution is -0.143. The fourth-order valence-corrected chi connectivity index (χ4v) is 8.60. The minimum atomic E-state index is -0.848. The maximum atomic E-state index is 12.4. The van der Waals surface area contributed by atoms with Crippen LogP contribution in [0.2, 0.25) is 0 Å². The minimum Gasteiger partial charge on any atom is -0.466 e. The number of allylic oxidation sites excluding steroid dienone is 7. The highest BCUT2D eigenvalue weighted by Gasteiger charge is 2.18. The predicted octanol–water partition coefficient (Wildman–Crippen LogP) is 17.8. The van der Waals surface area contributed by atoms with E-state index < -0.39 is 12.1 Å². The van der Waals surface area contributed by atoms with Crippen LogP contribution in [-0.2, 0) is 14.3 Å². The highest BCUT2D eigenvalue weighted by molar-refractivity contribution is 5.76.